The van der Waals surface area contributed by atoms with Gasteiger partial charge in [0.25, 0.3) is 0 Å². The highest BCUT2D eigenvalue weighted by Crippen LogP contribution is 2.27. The van der Waals surface area contributed by atoms with Gasteiger partial charge in [-0.1, -0.05) is 37.3 Å². The van der Waals surface area contributed by atoms with Crippen molar-refractivity contribution in [3.63, 3.8) is 0 Å². The van der Waals surface area contributed by atoms with Gasteiger partial charge in [-0.25, -0.2) is 18.9 Å². The van der Waals surface area contributed by atoms with Gasteiger partial charge in [0.1, 0.15) is 18.0 Å². The van der Waals surface area contributed by atoms with Crippen molar-refractivity contribution in [1.29, 1.82) is 0 Å². The lowest BCUT2D eigenvalue weighted by Crippen LogP contribution is -2.43. The van der Waals surface area contributed by atoms with Crippen LogP contribution in [0.3, 0.4) is 0 Å². The van der Waals surface area contributed by atoms with Gasteiger partial charge in [-0.05, 0) is 69.4 Å². The maximum Gasteiger partial charge on any atom is 0.419 e. The molecule has 2 aromatic carbocycles. The van der Waals surface area contributed by atoms with E-state index in [9.17, 15) is 18.8 Å². The molecule has 0 saturated carbocycles. The number of hydrogen-bond donors (Lipinski definition) is 0. The van der Waals surface area contributed by atoms with Crippen molar-refractivity contribution in [3.05, 3.63) is 71.7 Å². The van der Waals surface area contributed by atoms with Crippen LogP contribution in [-0.2, 0) is 27.1 Å². The minimum Gasteiger partial charge on any atom is -0.447 e. The number of carbonyl (C=O) groups excluding carboxylic acids is 3. The van der Waals surface area contributed by atoms with Crippen LogP contribution in [-0.4, -0.2) is 45.8 Å². The molecular formula is C28H31FN2O5. The highest BCUT2D eigenvalue weighted by molar-refractivity contribution is 5.95. The average molecular weight is 495 g/mol. The topological polar surface area (TPSA) is 77.8 Å². The Morgan fingerprint density at radius 1 is 1.17 bits per heavy atom. The molecule has 2 heterocycles. The van der Waals surface area contributed by atoms with Gasteiger partial charge in [0.05, 0.1) is 11.6 Å². The van der Waals surface area contributed by atoms with Crippen molar-refractivity contribution >= 4 is 29.0 Å². The first-order valence-corrected chi connectivity index (χ1v) is 12.1. The molecule has 36 heavy (non-hydrogen) atoms. The summed E-state index contributed by atoms with van der Waals surface area (Å²) in [5.74, 6) is -1.21. The van der Waals surface area contributed by atoms with Gasteiger partial charge in [0, 0.05) is 17.5 Å². The van der Waals surface area contributed by atoms with Crippen LogP contribution in [0.5, 0.6) is 0 Å². The number of fused-ring (bicyclic) bond motifs is 1. The monoisotopic (exact) mass is 494 g/mol. The van der Waals surface area contributed by atoms with Crippen LogP contribution in [0.2, 0.25) is 0 Å². The summed E-state index contributed by atoms with van der Waals surface area (Å²) in [5, 5.41) is 0.586. The fourth-order valence-electron chi connectivity index (χ4n) is 4.43. The van der Waals surface area contributed by atoms with Crippen molar-refractivity contribution in [2.75, 3.05) is 6.61 Å². The van der Waals surface area contributed by atoms with Gasteiger partial charge < -0.3 is 9.47 Å². The van der Waals surface area contributed by atoms with Crippen molar-refractivity contribution in [1.82, 2.24) is 9.47 Å². The number of ether oxygens (including phenoxy) is 2. The third-order valence-corrected chi connectivity index (χ3v) is 6.22. The number of hydrogen-bond acceptors (Lipinski definition) is 5. The van der Waals surface area contributed by atoms with E-state index in [4.69, 9.17) is 9.47 Å². The number of cyclic esters (lactones) is 1. The molecule has 0 N–H and O–H groups in total. The lowest BCUT2D eigenvalue weighted by atomic mass is 9.98. The standard InChI is InChI=1S/C28H31FN2O5/c1-18(25(32)31-22(17-35-27(31)34)14-19-8-6-5-7-9-19)10-11-20-16-30(26(33)36-28(2,3)4)24-13-12-21(29)15-23(20)24/h5-9,12-13,15-16,18,22H,10-11,14,17H2,1-4H3/t18-,22-/m0/s1. The zero-order chi connectivity index (χ0) is 26.0. The van der Waals surface area contributed by atoms with Gasteiger partial charge in [-0.15, -0.1) is 0 Å². The first-order chi connectivity index (χ1) is 17.0. The lowest BCUT2D eigenvalue weighted by Gasteiger charge is -2.23. The largest absolute Gasteiger partial charge is 0.447 e. The lowest BCUT2D eigenvalue weighted by molar-refractivity contribution is -0.133. The van der Waals surface area contributed by atoms with Gasteiger partial charge in [0.2, 0.25) is 5.91 Å². The Morgan fingerprint density at radius 3 is 2.58 bits per heavy atom. The van der Waals surface area contributed by atoms with E-state index < -0.39 is 29.5 Å². The van der Waals surface area contributed by atoms with Crippen molar-refractivity contribution < 1.29 is 28.2 Å². The number of aryl methyl sites for hydroxylation is 1. The molecule has 1 fully saturated rings. The summed E-state index contributed by atoms with van der Waals surface area (Å²) in [6, 6.07) is 13.5. The molecule has 8 heteroatoms. The average Bonchev–Trinajstić information content (AvgIpc) is 3.36. The van der Waals surface area contributed by atoms with E-state index in [1.54, 1.807) is 40.0 Å². The second-order valence-corrected chi connectivity index (χ2v) is 10.2. The number of carbonyl (C=O) groups is 3. The van der Waals surface area contributed by atoms with Crippen molar-refractivity contribution in [2.45, 2.75) is 58.6 Å². The first-order valence-electron chi connectivity index (χ1n) is 12.1. The first kappa shape index (κ1) is 25.4. The number of halogens is 1. The molecule has 3 aromatic rings. The maximum absolute atomic E-state index is 14.1. The van der Waals surface area contributed by atoms with E-state index in [1.165, 1.54) is 21.6 Å². The zero-order valence-corrected chi connectivity index (χ0v) is 21.0. The van der Waals surface area contributed by atoms with Crippen LogP contribution >= 0.6 is 0 Å². The minimum atomic E-state index is -0.685. The Balaban J connectivity index is 1.50. The van der Waals surface area contributed by atoms with Crippen LogP contribution in [0.1, 0.15) is 45.2 Å². The maximum atomic E-state index is 14.1. The molecule has 1 saturated heterocycles. The Labute approximate surface area is 209 Å². The fourth-order valence-corrected chi connectivity index (χ4v) is 4.43. The van der Waals surface area contributed by atoms with Gasteiger partial charge in [0.15, 0.2) is 0 Å². The van der Waals surface area contributed by atoms with Crippen LogP contribution in [0.15, 0.2) is 54.7 Å². The van der Waals surface area contributed by atoms with Crippen LogP contribution in [0.4, 0.5) is 14.0 Å². The Hall–Kier alpha value is -3.68. The molecule has 190 valence electrons. The molecule has 2 amide bonds. The van der Waals surface area contributed by atoms with Crippen LogP contribution in [0, 0.1) is 11.7 Å². The predicted molar refractivity (Wildman–Crippen MR) is 133 cm³/mol. The van der Waals surface area contributed by atoms with E-state index in [0.717, 1.165) is 11.1 Å². The summed E-state index contributed by atoms with van der Waals surface area (Å²) in [5.41, 5.74) is 1.59. The summed E-state index contributed by atoms with van der Waals surface area (Å²) in [6.07, 6.45) is 1.79. The number of benzene rings is 2. The molecule has 2 atom stereocenters. The van der Waals surface area contributed by atoms with Gasteiger partial charge >= 0.3 is 12.2 Å². The second-order valence-electron chi connectivity index (χ2n) is 10.2. The smallest absolute Gasteiger partial charge is 0.419 e. The molecule has 0 unspecified atom stereocenters. The van der Waals surface area contributed by atoms with Crippen molar-refractivity contribution in [3.8, 4) is 0 Å². The molecule has 1 aromatic heterocycles. The highest BCUT2D eigenvalue weighted by atomic mass is 19.1. The number of amides is 2. The minimum absolute atomic E-state index is 0.162. The fraction of sp³-hybridized carbons (Fsp3) is 0.393. The van der Waals surface area contributed by atoms with Crippen LogP contribution < -0.4 is 0 Å². The van der Waals surface area contributed by atoms with Gasteiger partial charge in [-0.3, -0.25) is 9.36 Å². The highest BCUT2D eigenvalue weighted by Gasteiger charge is 2.39. The molecule has 4 rings (SSSR count). The second kappa shape index (κ2) is 10.1. The number of nitrogens with zero attached hydrogens (tertiary/aromatic N) is 2. The number of rotatable bonds is 6. The zero-order valence-electron chi connectivity index (χ0n) is 21.0. The van der Waals surface area contributed by atoms with E-state index in [-0.39, 0.29) is 18.6 Å². The van der Waals surface area contributed by atoms with Crippen molar-refractivity contribution in [2.24, 2.45) is 5.92 Å². The molecule has 0 spiro atoms. The predicted octanol–water partition coefficient (Wildman–Crippen LogP) is 5.72. The summed E-state index contributed by atoms with van der Waals surface area (Å²) >= 11 is 0. The Kier molecular flexibility index (Phi) is 7.15. The number of imide groups is 1. The van der Waals surface area contributed by atoms with E-state index in [2.05, 4.69) is 0 Å². The van der Waals surface area contributed by atoms with Gasteiger partial charge in [-0.2, -0.15) is 0 Å². The summed E-state index contributed by atoms with van der Waals surface area (Å²) in [7, 11) is 0. The quantitative estimate of drug-likeness (QED) is 0.438. The molecule has 0 aliphatic carbocycles. The third-order valence-electron chi connectivity index (χ3n) is 6.22. The van der Waals surface area contributed by atoms with E-state index in [1.807, 2.05) is 30.3 Å². The molecule has 1 aliphatic rings. The van der Waals surface area contributed by atoms with E-state index in [0.29, 0.717) is 30.2 Å². The molecule has 1 aliphatic heterocycles. The Morgan fingerprint density at radius 2 is 1.89 bits per heavy atom. The molecule has 7 nitrogen and oxygen atoms in total. The van der Waals surface area contributed by atoms with E-state index >= 15 is 0 Å². The molecule has 0 bridgehead atoms. The summed E-state index contributed by atoms with van der Waals surface area (Å²) in [4.78, 5) is 39.6. The summed E-state index contributed by atoms with van der Waals surface area (Å²) in [6.45, 7) is 7.26. The SMILES string of the molecule is C[C@@H](CCc1cn(C(=O)OC(C)(C)C)c2ccc(F)cc12)C(=O)N1C(=O)OC[C@@H]1Cc1ccccc1. The van der Waals surface area contributed by atoms with Crippen LogP contribution in [0.25, 0.3) is 10.9 Å². The molecule has 0 radical (unpaired) electrons. The molecular weight excluding hydrogens is 463 g/mol. The normalized spacial score (nSPS) is 16.8. The number of aromatic nitrogens is 1. The Bertz CT molecular complexity index is 1280. The summed E-state index contributed by atoms with van der Waals surface area (Å²) < 4.78 is 26.1. The third kappa shape index (κ3) is 5.58.